The van der Waals surface area contributed by atoms with Gasteiger partial charge in [0.2, 0.25) is 5.95 Å². The molecule has 0 saturated heterocycles. The van der Waals surface area contributed by atoms with E-state index in [-0.39, 0.29) is 0 Å². The molecule has 0 aliphatic heterocycles. The second-order valence-electron chi connectivity index (χ2n) is 4.48. The molecule has 2 N–H and O–H groups in total. The number of fused-ring (bicyclic) bond motifs is 1. The van der Waals surface area contributed by atoms with Crippen LogP contribution in [0.2, 0.25) is 5.02 Å². The molecule has 1 aromatic carbocycles. The average molecular weight is 303 g/mol. The number of imidazole rings is 1. The smallest absolute Gasteiger partial charge is 0.226 e. The zero-order chi connectivity index (χ0) is 14.8. The van der Waals surface area contributed by atoms with Crippen LogP contribution in [0.4, 0.5) is 17.5 Å². The van der Waals surface area contributed by atoms with E-state index in [1.807, 2.05) is 35.8 Å². The minimum atomic E-state index is 0.544. The number of nitrogens with one attached hydrogen (secondary N) is 2. The maximum absolute atomic E-state index is 6.01. The number of aryl methyl sites for hydroxylation is 1. The Morgan fingerprint density at radius 2 is 2.14 bits per heavy atom. The molecule has 0 spiro atoms. The molecule has 0 saturated carbocycles. The van der Waals surface area contributed by atoms with Crippen LogP contribution >= 0.6 is 11.6 Å². The van der Waals surface area contributed by atoms with Gasteiger partial charge in [0.05, 0.1) is 6.33 Å². The fraction of sp³-hybridized carbons (Fsp3) is 0.214. The number of hydrogen-bond acceptors (Lipinski definition) is 5. The van der Waals surface area contributed by atoms with Crippen LogP contribution in [0, 0.1) is 0 Å². The Balaban J connectivity index is 2.10. The third-order valence-electron chi connectivity index (χ3n) is 3.12. The molecule has 6 nitrogen and oxygen atoms in total. The molecule has 0 radical (unpaired) electrons. The lowest BCUT2D eigenvalue weighted by Crippen LogP contribution is -2.03. The summed E-state index contributed by atoms with van der Waals surface area (Å²) in [5.41, 5.74) is 2.38. The fourth-order valence-corrected chi connectivity index (χ4v) is 2.27. The lowest BCUT2D eigenvalue weighted by molar-refractivity contribution is 0.777. The summed E-state index contributed by atoms with van der Waals surface area (Å²) in [6.07, 6.45) is 1.77. The lowest BCUT2D eigenvalue weighted by atomic mass is 10.3. The van der Waals surface area contributed by atoms with Crippen molar-refractivity contribution in [2.24, 2.45) is 0 Å². The van der Waals surface area contributed by atoms with Crippen molar-refractivity contribution in [1.29, 1.82) is 0 Å². The standard InChI is InChI=1S/C14H15ClN6/c1-3-21-8-17-11-12(19-14(16-2)20-13(11)21)18-10-6-4-5-9(15)7-10/h4-8H,3H2,1-2H3,(H2,16,18,19,20). The summed E-state index contributed by atoms with van der Waals surface area (Å²) in [6, 6.07) is 7.47. The monoisotopic (exact) mass is 302 g/mol. The van der Waals surface area contributed by atoms with Gasteiger partial charge in [-0.05, 0) is 25.1 Å². The van der Waals surface area contributed by atoms with Crippen LogP contribution in [-0.2, 0) is 6.54 Å². The predicted octanol–water partition coefficient (Wildman–Crippen LogP) is 3.28. The highest BCUT2D eigenvalue weighted by Gasteiger charge is 2.12. The molecule has 0 unspecified atom stereocenters. The number of benzene rings is 1. The first kappa shape index (κ1) is 13.6. The minimum Gasteiger partial charge on any atom is -0.357 e. The van der Waals surface area contributed by atoms with E-state index in [1.54, 1.807) is 13.4 Å². The van der Waals surface area contributed by atoms with Crippen molar-refractivity contribution < 1.29 is 0 Å². The highest BCUT2D eigenvalue weighted by molar-refractivity contribution is 6.30. The molecule has 7 heteroatoms. The Kier molecular flexibility index (Phi) is 3.62. The maximum atomic E-state index is 6.01. The predicted molar refractivity (Wildman–Crippen MR) is 85.3 cm³/mol. The van der Waals surface area contributed by atoms with Crippen molar-refractivity contribution in [2.75, 3.05) is 17.7 Å². The van der Waals surface area contributed by atoms with Gasteiger partial charge in [0.25, 0.3) is 0 Å². The van der Waals surface area contributed by atoms with Crippen molar-refractivity contribution >= 4 is 40.2 Å². The molecule has 3 rings (SSSR count). The highest BCUT2D eigenvalue weighted by atomic mass is 35.5. The van der Waals surface area contributed by atoms with Crippen molar-refractivity contribution in [1.82, 2.24) is 19.5 Å². The Morgan fingerprint density at radius 3 is 2.86 bits per heavy atom. The van der Waals surface area contributed by atoms with Crippen molar-refractivity contribution in [3.63, 3.8) is 0 Å². The van der Waals surface area contributed by atoms with Crippen LogP contribution in [0.3, 0.4) is 0 Å². The third kappa shape index (κ3) is 2.62. The van der Waals surface area contributed by atoms with E-state index in [4.69, 9.17) is 11.6 Å². The Labute approximate surface area is 127 Å². The van der Waals surface area contributed by atoms with Gasteiger partial charge < -0.3 is 15.2 Å². The summed E-state index contributed by atoms with van der Waals surface area (Å²) in [5, 5.41) is 6.88. The number of nitrogens with zero attached hydrogens (tertiary/aromatic N) is 4. The number of anilines is 3. The van der Waals surface area contributed by atoms with Crippen LogP contribution in [0.25, 0.3) is 11.2 Å². The fourth-order valence-electron chi connectivity index (χ4n) is 2.08. The van der Waals surface area contributed by atoms with Gasteiger partial charge >= 0.3 is 0 Å². The molecule has 21 heavy (non-hydrogen) atoms. The van der Waals surface area contributed by atoms with Crippen LogP contribution in [0.5, 0.6) is 0 Å². The second-order valence-corrected chi connectivity index (χ2v) is 4.92. The first-order valence-corrected chi connectivity index (χ1v) is 7.02. The van der Waals surface area contributed by atoms with Gasteiger partial charge in [-0.1, -0.05) is 17.7 Å². The molecule has 3 aromatic rings. The van der Waals surface area contributed by atoms with E-state index >= 15 is 0 Å². The van der Waals surface area contributed by atoms with Gasteiger partial charge in [-0.2, -0.15) is 9.97 Å². The van der Waals surface area contributed by atoms with Crippen molar-refractivity contribution in [3.05, 3.63) is 35.6 Å². The Morgan fingerprint density at radius 1 is 1.29 bits per heavy atom. The molecule has 0 aliphatic rings. The van der Waals surface area contributed by atoms with E-state index in [1.165, 1.54) is 0 Å². The molecule has 2 heterocycles. The van der Waals surface area contributed by atoms with Crippen LogP contribution in [0.1, 0.15) is 6.92 Å². The third-order valence-corrected chi connectivity index (χ3v) is 3.35. The lowest BCUT2D eigenvalue weighted by Gasteiger charge is -2.09. The molecular formula is C14H15ClN6. The number of hydrogen-bond donors (Lipinski definition) is 2. The summed E-state index contributed by atoms with van der Waals surface area (Å²) >= 11 is 6.01. The van der Waals surface area contributed by atoms with Gasteiger partial charge in [0, 0.05) is 24.3 Å². The average Bonchev–Trinajstić information content (AvgIpc) is 2.90. The second kappa shape index (κ2) is 5.57. The molecule has 0 amide bonds. The van der Waals surface area contributed by atoms with Gasteiger partial charge in [0.15, 0.2) is 17.0 Å². The summed E-state index contributed by atoms with van der Waals surface area (Å²) < 4.78 is 1.97. The van der Waals surface area contributed by atoms with Gasteiger partial charge in [-0.15, -0.1) is 0 Å². The van der Waals surface area contributed by atoms with Crippen LogP contribution in [-0.4, -0.2) is 26.6 Å². The van der Waals surface area contributed by atoms with E-state index in [0.717, 1.165) is 23.4 Å². The van der Waals surface area contributed by atoms with Crippen LogP contribution < -0.4 is 10.6 Å². The molecule has 108 valence electrons. The summed E-state index contributed by atoms with van der Waals surface area (Å²) in [6.45, 7) is 2.85. The zero-order valence-electron chi connectivity index (χ0n) is 11.8. The number of aromatic nitrogens is 4. The van der Waals surface area contributed by atoms with Crippen molar-refractivity contribution in [2.45, 2.75) is 13.5 Å². The minimum absolute atomic E-state index is 0.544. The van der Waals surface area contributed by atoms with E-state index in [0.29, 0.717) is 16.8 Å². The molecule has 2 aromatic heterocycles. The number of rotatable bonds is 4. The SMILES string of the molecule is CCn1cnc2c(Nc3cccc(Cl)c3)nc(NC)nc21. The summed E-state index contributed by atoms with van der Waals surface area (Å²) in [5.74, 6) is 1.20. The molecule has 0 aliphatic carbocycles. The van der Waals surface area contributed by atoms with E-state index in [2.05, 4.69) is 25.6 Å². The van der Waals surface area contributed by atoms with Crippen molar-refractivity contribution in [3.8, 4) is 0 Å². The zero-order valence-corrected chi connectivity index (χ0v) is 12.5. The normalized spacial score (nSPS) is 10.8. The quantitative estimate of drug-likeness (QED) is 0.774. The Hall–Kier alpha value is -2.34. The Bertz CT molecular complexity index is 782. The largest absolute Gasteiger partial charge is 0.357 e. The van der Waals surface area contributed by atoms with E-state index < -0.39 is 0 Å². The van der Waals surface area contributed by atoms with Gasteiger partial charge in [-0.3, -0.25) is 0 Å². The topological polar surface area (TPSA) is 67.7 Å². The van der Waals surface area contributed by atoms with E-state index in [9.17, 15) is 0 Å². The molecular weight excluding hydrogens is 288 g/mol. The van der Waals surface area contributed by atoms with Gasteiger partial charge in [-0.25, -0.2) is 4.98 Å². The first-order chi connectivity index (χ1) is 10.2. The first-order valence-electron chi connectivity index (χ1n) is 6.64. The van der Waals surface area contributed by atoms with Crippen LogP contribution in [0.15, 0.2) is 30.6 Å². The molecule has 0 bridgehead atoms. The molecule has 0 atom stereocenters. The highest BCUT2D eigenvalue weighted by Crippen LogP contribution is 2.25. The molecule has 0 fully saturated rings. The number of halogens is 1. The van der Waals surface area contributed by atoms with Gasteiger partial charge in [0.1, 0.15) is 0 Å². The summed E-state index contributed by atoms with van der Waals surface area (Å²) in [7, 11) is 1.79. The summed E-state index contributed by atoms with van der Waals surface area (Å²) in [4.78, 5) is 13.3. The maximum Gasteiger partial charge on any atom is 0.226 e.